The van der Waals surface area contributed by atoms with E-state index >= 15 is 0 Å². The molecule has 2 rings (SSSR count). The molecule has 0 saturated carbocycles. The Labute approximate surface area is 119 Å². The molecule has 1 aromatic heterocycles. The molecule has 0 spiro atoms. The number of nitro benzene ring substituents is 1. The molecule has 0 fully saturated rings. The van der Waals surface area contributed by atoms with Gasteiger partial charge in [0, 0.05) is 12.1 Å². The number of nitro groups is 1. The maximum Gasteiger partial charge on any atom is 0.374 e. The number of hydrogen-bond acceptors (Lipinski definition) is 6. The van der Waals surface area contributed by atoms with Gasteiger partial charge in [0.05, 0.1) is 23.0 Å². The van der Waals surface area contributed by atoms with Crippen LogP contribution in [0.5, 0.6) is 0 Å². The van der Waals surface area contributed by atoms with Crippen LogP contribution in [0.15, 0.2) is 33.5 Å². The predicted octanol–water partition coefficient (Wildman–Crippen LogP) is 2.51. The Balaban J connectivity index is 2.44. The number of rotatable bonds is 4. The third kappa shape index (κ3) is 3.25. The number of ether oxygens (including phenoxy) is 1. The lowest BCUT2D eigenvalue weighted by atomic mass is 10.2. The molecule has 0 bridgehead atoms. The number of benzene rings is 1. The third-order valence-corrected chi connectivity index (χ3v) is 2.67. The van der Waals surface area contributed by atoms with Crippen LogP contribution >= 0.6 is 0 Å². The van der Waals surface area contributed by atoms with E-state index in [9.17, 15) is 19.7 Å². The highest BCUT2D eigenvalue weighted by molar-refractivity contribution is 5.89. The Morgan fingerprint density at radius 3 is 2.71 bits per heavy atom. The van der Waals surface area contributed by atoms with Crippen molar-refractivity contribution in [2.24, 2.45) is 5.92 Å². The van der Waals surface area contributed by atoms with Gasteiger partial charge in [0.1, 0.15) is 5.58 Å². The second-order valence-corrected chi connectivity index (χ2v) is 4.90. The van der Waals surface area contributed by atoms with Crippen LogP contribution < -0.4 is 5.43 Å². The molecule has 2 aromatic rings. The normalized spacial score (nSPS) is 10.8. The van der Waals surface area contributed by atoms with Crippen molar-refractivity contribution in [2.45, 2.75) is 13.8 Å². The van der Waals surface area contributed by atoms with E-state index in [2.05, 4.69) is 0 Å². The fourth-order valence-electron chi connectivity index (χ4n) is 1.67. The van der Waals surface area contributed by atoms with E-state index in [1.165, 1.54) is 12.1 Å². The van der Waals surface area contributed by atoms with Crippen molar-refractivity contribution in [3.05, 3.63) is 50.4 Å². The van der Waals surface area contributed by atoms with Crippen molar-refractivity contribution in [3.8, 4) is 0 Å². The first-order valence-corrected chi connectivity index (χ1v) is 6.28. The molecular weight excluding hydrogens is 278 g/mol. The monoisotopic (exact) mass is 291 g/mol. The molecule has 21 heavy (non-hydrogen) atoms. The van der Waals surface area contributed by atoms with E-state index < -0.39 is 16.3 Å². The summed E-state index contributed by atoms with van der Waals surface area (Å²) in [5.41, 5.74) is -0.700. The number of carbonyl (C=O) groups excluding carboxylic acids is 1. The number of non-ortho nitro benzene ring substituents is 1. The number of fused-ring (bicyclic) bond motifs is 1. The molecule has 0 unspecified atom stereocenters. The first-order chi connectivity index (χ1) is 9.88. The van der Waals surface area contributed by atoms with Gasteiger partial charge >= 0.3 is 5.97 Å². The Morgan fingerprint density at radius 1 is 1.38 bits per heavy atom. The van der Waals surface area contributed by atoms with E-state index in [4.69, 9.17) is 9.15 Å². The van der Waals surface area contributed by atoms with Gasteiger partial charge in [0.25, 0.3) is 5.69 Å². The second-order valence-electron chi connectivity index (χ2n) is 4.90. The Kier molecular flexibility index (Phi) is 4.02. The summed E-state index contributed by atoms with van der Waals surface area (Å²) in [5, 5.41) is 10.9. The second kappa shape index (κ2) is 5.74. The van der Waals surface area contributed by atoms with Crippen LogP contribution in [0.3, 0.4) is 0 Å². The Morgan fingerprint density at radius 2 is 2.10 bits per heavy atom. The van der Waals surface area contributed by atoms with Crippen molar-refractivity contribution < 1.29 is 18.9 Å². The van der Waals surface area contributed by atoms with E-state index in [0.717, 1.165) is 12.1 Å². The average molecular weight is 291 g/mol. The largest absolute Gasteiger partial charge is 0.460 e. The van der Waals surface area contributed by atoms with Crippen LogP contribution in [0.4, 0.5) is 5.69 Å². The number of nitrogens with zero attached hydrogens (tertiary/aromatic N) is 1. The minimum Gasteiger partial charge on any atom is -0.460 e. The van der Waals surface area contributed by atoms with Crippen molar-refractivity contribution >= 4 is 22.6 Å². The maximum atomic E-state index is 11.9. The van der Waals surface area contributed by atoms with Crippen LogP contribution in [-0.2, 0) is 4.74 Å². The highest BCUT2D eigenvalue weighted by Gasteiger charge is 2.16. The summed E-state index contributed by atoms with van der Waals surface area (Å²) in [7, 11) is 0. The molecule has 1 heterocycles. The lowest BCUT2D eigenvalue weighted by Crippen LogP contribution is -2.13. The SMILES string of the molecule is CC(C)COC(=O)c1cc(=O)c2ccc([N+](=O)[O-])cc2o1. The molecule has 0 atom stereocenters. The molecular formula is C14H13NO6. The molecule has 0 radical (unpaired) electrons. The zero-order valence-electron chi connectivity index (χ0n) is 11.5. The van der Waals surface area contributed by atoms with Gasteiger partial charge in [-0.2, -0.15) is 0 Å². The van der Waals surface area contributed by atoms with Crippen LogP contribution in [0.2, 0.25) is 0 Å². The summed E-state index contributed by atoms with van der Waals surface area (Å²) >= 11 is 0. The van der Waals surface area contributed by atoms with Crippen LogP contribution in [-0.4, -0.2) is 17.5 Å². The summed E-state index contributed by atoms with van der Waals surface area (Å²) in [6, 6.07) is 4.63. The summed E-state index contributed by atoms with van der Waals surface area (Å²) in [6.45, 7) is 3.93. The predicted molar refractivity (Wildman–Crippen MR) is 74.3 cm³/mol. The van der Waals surface area contributed by atoms with Crippen LogP contribution in [0.25, 0.3) is 11.0 Å². The van der Waals surface area contributed by atoms with Gasteiger partial charge in [-0.1, -0.05) is 13.8 Å². The minimum atomic E-state index is -0.769. The smallest absolute Gasteiger partial charge is 0.374 e. The average Bonchev–Trinajstić information content (AvgIpc) is 2.43. The standard InChI is InChI=1S/C14H13NO6/c1-8(2)7-20-14(17)13-6-11(16)10-4-3-9(15(18)19)5-12(10)21-13/h3-6,8H,7H2,1-2H3. The lowest BCUT2D eigenvalue weighted by molar-refractivity contribution is -0.384. The van der Waals surface area contributed by atoms with E-state index in [-0.39, 0.29) is 34.9 Å². The summed E-state index contributed by atoms with van der Waals surface area (Å²) in [4.78, 5) is 33.8. The first kappa shape index (κ1) is 14.7. The molecule has 0 aliphatic heterocycles. The molecule has 0 saturated heterocycles. The van der Waals surface area contributed by atoms with Gasteiger partial charge in [0.15, 0.2) is 5.43 Å². The number of esters is 1. The Bertz CT molecular complexity index is 762. The lowest BCUT2D eigenvalue weighted by Gasteiger charge is -2.06. The van der Waals surface area contributed by atoms with Gasteiger partial charge in [-0.3, -0.25) is 14.9 Å². The van der Waals surface area contributed by atoms with Crippen LogP contribution in [0, 0.1) is 16.0 Å². The summed E-state index contributed by atoms with van der Waals surface area (Å²) in [5.74, 6) is -0.898. The van der Waals surface area contributed by atoms with Crippen LogP contribution in [0.1, 0.15) is 24.4 Å². The topological polar surface area (TPSA) is 99.7 Å². The zero-order chi connectivity index (χ0) is 15.6. The molecule has 0 aliphatic rings. The fourth-order valence-corrected chi connectivity index (χ4v) is 1.67. The third-order valence-electron chi connectivity index (χ3n) is 2.67. The molecule has 110 valence electrons. The molecule has 7 nitrogen and oxygen atoms in total. The highest BCUT2D eigenvalue weighted by Crippen LogP contribution is 2.19. The minimum absolute atomic E-state index is 0.0202. The molecule has 0 aliphatic carbocycles. The molecule has 1 aromatic carbocycles. The maximum absolute atomic E-state index is 11.9. The van der Waals surface area contributed by atoms with Crippen molar-refractivity contribution in [1.82, 2.24) is 0 Å². The number of carbonyl (C=O) groups is 1. The number of hydrogen-bond donors (Lipinski definition) is 0. The molecule has 0 N–H and O–H groups in total. The van der Waals surface area contributed by atoms with Gasteiger partial charge in [-0.25, -0.2) is 4.79 Å². The quantitative estimate of drug-likeness (QED) is 0.487. The zero-order valence-corrected chi connectivity index (χ0v) is 11.5. The van der Waals surface area contributed by atoms with Gasteiger partial charge in [-0.05, 0) is 12.0 Å². The summed E-state index contributed by atoms with van der Waals surface area (Å²) in [6.07, 6.45) is 0. The molecule has 0 amide bonds. The van der Waals surface area contributed by atoms with Gasteiger partial charge < -0.3 is 9.15 Å². The molecule has 7 heteroatoms. The van der Waals surface area contributed by atoms with Crippen molar-refractivity contribution in [3.63, 3.8) is 0 Å². The van der Waals surface area contributed by atoms with E-state index in [1.807, 2.05) is 13.8 Å². The first-order valence-electron chi connectivity index (χ1n) is 6.28. The van der Waals surface area contributed by atoms with Crippen molar-refractivity contribution in [2.75, 3.05) is 6.61 Å². The summed E-state index contributed by atoms with van der Waals surface area (Å²) < 4.78 is 10.2. The Hall–Kier alpha value is -2.70. The van der Waals surface area contributed by atoms with Gasteiger partial charge in [-0.15, -0.1) is 0 Å². The van der Waals surface area contributed by atoms with E-state index in [0.29, 0.717) is 0 Å². The van der Waals surface area contributed by atoms with E-state index in [1.54, 1.807) is 0 Å². The van der Waals surface area contributed by atoms with Crippen molar-refractivity contribution in [1.29, 1.82) is 0 Å². The van der Waals surface area contributed by atoms with Gasteiger partial charge in [0.2, 0.25) is 5.76 Å². The fraction of sp³-hybridized carbons (Fsp3) is 0.286. The highest BCUT2D eigenvalue weighted by atomic mass is 16.6.